The molecule has 3 rings (SSSR count). The molecule has 1 aromatic rings. The second-order valence-corrected chi connectivity index (χ2v) is 7.02. The van der Waals surface area contributed by atoms with Crippen LogP contribution in [0.2, 0.25) is 0 Å². The Morgan fingerprint density at radius 1 is 0.655 bits per heavy atom. The monoisotopic (exact) mass is 398 g/mol. The predicted molar refractivity (Wildman–Crippen MR) is 117 cm³/mol. The molecule has 0 radical (unpaired) electrons. The number of aromatic nitrogens is 3. The van der Waals surface area contributed by atoms with Crippen LogP contribution >= 0.6 is 0 Å². The smallest absolute Gasteiger partial charge is 0.232 e. The molecule has 0 aromatic carbocycles. The van der Waals surface area contributed by atoms with Gasteiger partial charge in [0.15, 0.2) is 0 Å². The summed E-state index contributed by atoms with van der Waals surface area (Å²) in [6.45, 7) is 20.8. The second-order valence-electron chi connectivity index (χ2n) is 7.02. The van der Waals surface area contributed by atoms with Crippen molar-refractivity contribution < 1.29 is 9.47 Å². The van der Waals surface area contributed by atoms with Crippen LogP contribution in [0.3, 0.4) is 0 Å². The van der Waals surface area contributed by atoms with E-state index in [-0.39, 0.29) is 12.2 Å². The average Bonchev–Trinajstić information content (AvgIpc) is 3.63. The molecule has 2 aliphatic heterocycles. The second kappa shape index (κ2) is 10.2. The zero-order valence-electron chi connectivity index (χ0n) is 16.9. The van der Waals surface area contributed by atoms with Crippen molar-refractivity contribution in [2.45, 2.75) is 12.2 Å². The Morgan fingerprint density at radius 3 is 1.24 bits per heavy atom. The first-order valence-electron chi connectivity index (χ1n) is 9.86. The number of nitrogens with zero attached hydrogens (tertiary/aromatic N) is 6. The van der Waals surface area contributed by atoms with Gasteiger partial charge in [-0.25, -0.2) is 0 Å². The van der Waals surface area contributed by atoms with Gasteiger partial charge < -0.3 is 24.2 Å². The van der Waals surface area contributed by atoms with Gasteiger partial charge in [0.05, 0.1) is 25.4 Å². The number of hydrogen-bond acceptors (Lipinski definition) is 8. The Labute approximate surface area is 172 Å². The molecule has 29 heavy (non-hydrogen) atoms. The van der Waals surface area contributed by atoms with Gasteiger partial charge in [-0.1, -0.05) is 24.3 Å². The molecule has 3 heterocycles. The van der Waals surface area contributed by atoms with E-state index < -0.39 is 0 Å². The summed E-state index contributed by atoms with van der Waals surface area (Å²) in [5.74, 6) is 1.79. The summed E-state index contributed by atoms with van der Waals surface area (Å²) in [7, 11) is 0. The minimum Gasteiger partial charge on any atom is -0.371 e. The van der Waals surface area contributed by atoms with Crippen LogP contribution in [0.5, 0.6) is 0 Å². The van der Waals surface area contributed by atoms with Crippen LogP contribution in [0, 0.1) is 0 Å². The molecule has 2 aliphatic rings. The largest absolute Gasteiger partial charge is 0.371 e. The molecule has 2 fully saturated rings. The van der Waals surface area contributed by atoms with E-state index in [0.717, 1.165) is 26.3 Å². The van der Waals surface area contributed by atoms with Gasteiger partial charge in [-0.3, -0.25) is 0 Å². The molecule has 8 heteroatoms. The summed E-state index contributed by atoms with van der Waals surface area (Å²) in [5, 5.41) is 0. The van der Waals surface area contributed by atoms with Gasteiger partial charge in [-0.05, 0) is 0 Å². The molecule has 0 saturated carbocycles. The molecule has 0 bridgehead atoms. The zero-order chi connectivity index (χ0) is 20.6. The van der Waals surface area contributed by atoms with Gasteiger partial charge in [0.25, 0.3) is 0 Å². The highest BCUT2D eigenvalue weighted by Crippen LogP contribution is 2.24. The third-order valence-electron chi connectivity index (χ3n) is 4.50. The topological polar surface area (TPSA) is 73.5 Å². The van der Waals surface area contributed by atoms with E-state index in [9.17, 15) is 0 Å². The fourth-order valence-corrected chi connectivity index (χ4v) is 2.94. The van der Waals surface area contributed by atoms with E-state index in [0.29, 0.717) is 44.0 Å². The Bertz CT molecular complexity index is 656. The van der Waals surface area contributed by atoms with E-state index in [4.69, 9.17) is 24.4 Å². The predicted octanol–water partition coefficient (Wildman–Crippen LogP) is 1.83. The van der Waals surface area contributed by atoms with Crippen molar-refractivity contribution in [2.24, 2.45) is 0 Å². The molecule has 0 spiro atoms. The van der Waals surface area contributed by atoms with E-state index in [2.05, 4.69) is 31.2 Å². The highest BCUT2D eigenvalue weighted by molar-refractivity contribution is 5.48. The van der Waals surface area contributed by atoms with Crippen LogP contribution in [0.4, 0.5) is 17.8 Å². The maximum Gasteiger partial charge on any atom is 0.232 e. The van der Waals surface area contributed by atoms with Crippen molar-refractivity contribution in [1.82, 2.24) is 15.0 Å². The summed E-state index contributed by atoms with van der Waals surface area (Å²) in [6.07, 6.45) is 7.73. The molecule has 0 aliphatic carbocycles. The number of epoxide rings is 2. The molecular formula is C21H30N6O2. The summed E-state index contributed by atoms with van der Waals surface area (Å²) in [5.41, 5.74) is 0. The lowest BCUT2D eigenvalue weighted by atomic mass is 10.3. The highest BCUT2D eigenvalue weighted by Gasteiger charge is 2.32. The highest BCUT2D eigenvalue weighted by atomic mass is 16.6. The van der Waals surface area contributed by atoms with Crippen LogP contribution in [-0.4, -0.2) is 79.6 Å². The Kier molecular flexibility index (Phi) is 7.37. The van der Waals surface area contributed by atoms with Gasteiger partial charge in [0.1, 0.15) is 0 Å². The van der Waals surface area contributed by atoms with E-state index in [1.54, 1.807) is 0 Å². The summed E-state index contributed by atoms with van der Waals surface area (Å²) < 4.78 is 10.9. The normalized spacial score (nSPS) is 19.2. The van der Waals surface area contributed by atoms with E-state index in [1.807, 2.05) is 34.1 Å². The zero-order valence-corrected chi connectivity index (χ0v) is 16.9. The molecule has 8 nitrogen and oxygen atoms in total. The van der Waals surface area contributed by atoms with Crippen LogP contribution in [-0.2, 0) is 9.47 Å². The van der Waals surface area contributed by atoms with Gasteiger partial charge in [-0.2, -0.15) is 15.0 Å². The lowest BCUT2D eigenvalue weighted by Crippen LogP contribution is -2.36. The van der Waals surface area contributed by atoms with Crippen LogP contribution < -0.4 is 14.7 Å². The van der Waals surface area contributed by atoms with Crippen molar-refractivity contribution in [2.75, 3.05) is 67.2 Å². The minimum absolute atomic E-state index is 0.215. The standard InChI is InChI=1S/C21H30N6O2/c1-5-9-25(10-6-2)19-22-20(26(11-7-3)12-8-4)24-21(23-19)27(13-17-15-28-17)14-18-16-29-18/h5-8,17-18H,1-4,9-16H2. The van der Waals surface area contributed by atoms with Crippen LogP contribution in [0.1, 0.15) is 0 Å². The first kappa shape index (κ1) is 21.0. The maximum absolute atomic E-state index is 5.44. The van der Waals surface area contributed by atoms with E-state index >= 15 is 0 Å². The molecule has 2 unspecified atom stereocenters. The van der Waals surface area contributed by atoms with Crippen LogP contribution in [0.25, 0.3) is 0 Å². The molecule has 1 aromatic heterocycles. The van der Waals surface area contributed by atoms with Crippen molar-refractivity contribution >= 4 is 17.8 Å². The Balaban J connectivity index is 1.98. The minimum atomic E-state index is 0.215. The maximum atomic E-state index is 5.44. The quantitative estimate of drug-likeness (QED) is 0.327. The summed E-state index contributed by atoms with van der Waals surface area (Å²) in [4.78, 5) is 20.4. The van der Waals surface area contributed by atoms with Gasteiger partial charge >= 0.3 is 0 Å². The lowest BCUT2D eigenvalue weighted by Gasteiger charge is -2.27. The molecule has 156 valence electrons. The number of rotatable bonds is 15. The third-order valence-corrected chi connectivity index (χ3v) is 4.50. The molecule has 2 atom stereocenters. The summed E-state index contributed by atoms with van der Waals surface area (Å²) in [6, 6.07) is 0. The van der Waals surface area contributed by atoms with Crippen molar-refractivity contribution in [3.8, 4) is 0 Å². The Morgan fingerprint density at radius 2 is 0.966 bits per heavy atom. The number of ether oxygens (including phenoxy) is 2. The fraction of sp³-hybridized carbons (Fsp3) is 0.476. The first-order valence-corrected chi connectivity index (χ1v) is 9.86. The molecular weight excluding hydrogens is 368 g/mol. The Hall–Kier alpha value is -2.71. The fourth-order valence-electron chi connectivity index (χ4n) is 2.94. The first-order chi connectivity index (χ1) is 14.2. The van der Waals surface area contributed by atoms with Gasteiger partial charge in [-0.15, -0.1) is 26.3 Å². The molecule has 0 amide bonds. The van der Waals surface area contributed by atoms with Crippen LogP contribution in [0.15, 0.2) is 50.6 Å². The SMILES string of the molecule is C=CCN(CC=C)c1nc(N(CC=C)CC=C)nc(N(CC2CO2)CC2CO2)n1. The lowest BCUT2D eigenvalue weighted by molar-refractivity contribution is 0.387. The van der Waals surface area contributed by atoms with Crippen molar-refractivity contribution in [1.29, 1.82) is 0 Å². The van der Waals surface area contributed by atoms with Gasteiger partial charge in [0.2, 0.25) is 17.8 Å². The van der Waals surface area contributed by atoms with E-state index in [1.165, 1.54) is 0 Å². The van der Waals surface area contributed by atoms with Crippen molar-refractivity contribution in [3.05, 3.63) is 50.6 Å². The molecule has 0 N–H and O–H groups in total. The average molecular weight is 399 g/mol. The number of hydrogen-bond donors (Lipinski definition) is 0. The third kappa shape index (κ3) is 6.13. The van der Waals surface area contributed by atoms with Gasteiger partial charge in [0, 0.05) is 39.3 Å². The van der Waals surface area contributed by atoms with Crippen molar-refractivity contribution in [3.63, 3.8) is 0 Å². The molecule has 2 saturated heterocycles. The summed E-state index contributed by atoms with van der Waals surface area (Å²) >= 11 is 0. The number of anilines is 3.